The summed E-state index contributed by atoms with van der Waals surface area (Å²) in [6.07, 6.45) is 10.2. The van der Waals surface area contributed by atoms with Crippen molar-refractivity contribution in [1.82, 2.24) is 14.8 Å². The predicted octanol–water partition coefficient (Wildman–Crippen LogP) is 7.91. The Morgan fingerprint density at radius 2 is 1.63 bits per heavy atom. The molecule has 0 unspecified atom stereocenters. The molecule has 52 heavy (non-hydrogen) atoms. The van der Waals surface area contributed by atoms with Gasteiger partial charge in [-0.15, -0.1) is 0 Å². The molecule has 0 saturated carbocycles. The summed E-state index contributed by atoms with van der Waals surface area (Å²) < 4.78 is 31.3. The molecule has 268 valence electrons. The number of carbonyl (C=O) groups excluding carboxylic acids is 1. The van der Waals surface area contributed by atoms with Gasteiger partial charge in [0.05, 0.1) is 19.8 Å². The third-order valence-corrected chi connectivity index (χ3v) is 10.3. The SMILES string of the molecule is C=CC1=C2/C=C(\C)Oc3c(OC(=O)c4cccnc4)c(OC)cc4c3[C@H](Cc3ccc(OC)c(c3)Oc3ccc(cc3)C[C@@H]2N(C)CC1)N(C)CC4. The summed E-state index contributed by atoms with van der Waals surface area (Å²) in [6, 6.07) is 19.7. The molecule has 3 aromatic carbocycles. The average molecular weight is 700 g/mol. The van der Waals surface area contributed by atoms with Crippen LogP contribution in [0.5, 0.6) is 34.5 Å². The van der Waals surface area contributed by atoms with Gasteiger partial charge in [0.25, 0.3) is 0 Å². The van der Waals surface area contributed by atoms with Crippen LogP contribution in [0.4, 0.5) is 0 Å². The fraction of sp³-hybridized carbons (Fsp3) is 0.302. The number of esters is 1. The molecule has 9 nitrogen and oxygen atoms in total. The van der Waals surface area contributed by atoms with E-state index < -0.39 is 5.97 Å². The number of nitrogens with zero attached hydrogens (tertiary/aromatic N) is 3. The lowest BCUT2D eigenvalue weighted by Crippen LogP contribution is -2.39. The lowest BCUT2D eigenvalue weighted by atomic mass is 9.87. The van der Waals surface area contributed by atoms with Gasteiger partial charge in [-0.25, -0.2) is 4.79 Å². The zero-order chi connectivity index (χ0) is 36.4. The Hall–Kier alpha value is -5.38. The van der Waals surface area contributed by atoms with Crippen LogP contribution in [0.15, 0.2) is 109 Å². The molecule has 8 rings (SSSR count). The van der Waals surface area contributed by atoms with E-state index in [1.807, 2.05) is 43.3 Å². The van der Waals surface area contributed by atoms with Gasteiger partial charge in [0, 0.05) is 43.1 Å². The molecule has 2 atom stereocenters. The topological polar surface area (TPSA) is 82.6 Å². The van der Waals surface area contributed by atoms with Crippen molar-refractivity contribution in [2.45, 2.75) is 44.7 Å². The fourth-order valence-electron chi connectivity index (χ4n) is 7.50. The zero-order valence-electron chi connectivity index (χ0n) is 30.5. The molecule has 0 fully saturated rings. The van der Waals surface area contributed by atoms with E-state index in [0.717, 1.165) is 60.4 Å². The molecular formula is C43H45N3O6. The number of carbonyl (C=O) groups is 1. The molecule has 0 aliphatic carbocycles. The van der Waals surface area contributed by atoms with Gasteiger partial charge in [-0.05, 0) is 123 Å². The summed E-state index contributed by atoms with van der Waals surface area (Å²) >= 11 is 0. The Kier molecular flexibility index (Phi) is 10.2. The predicted molar refractivity (Wildman–Crippen MR) is 201 cm³/mol. The second kappa shape index (κ2) is 15.1. The van der Waals surface area contributed by atoms with Crippen LogP contribution in [0.2, 0.25) is 0 Å². The van der Waals surface area contributed by atoms with E-state index in [-0.39, 0.29) is 17.8 Å². The molecule has 0 amide bonds. The summed E-state index contributed by atoms with van der Waals surface area (Å²) in [7, 11) is 7.51. The Morgan fingerprint density at radius 3 is 2.37 bits per heavy atom. The van der Waals surface area contributed by atoms with Gasteiger partial charge in [0.15, 0.2) is 23.0 Å². The largest absolute Gasteiger partial charge is 0.493 e. The standard InChI is InChI=1S/C43H45N3O6/c1-7-30-16-19-45(3)35-22-28-10-13-33(14-11-28)51-38-24-29(12-15-37(38)48-5)23-36-40-31(17-20-46(36)4)25-39(49-6)41(42(40)50-27(2)21-34(30)35)52-43(47)32-9-8-18-44-26-32/h7-15,18,21,24-26,35-36H,1,16-17,19-20,22-23H2,2-6H3/b27-21+/t35-,36-/m0/s1. The van der Waals surface area contributed by atoms with Crippen LogP contribution in [-0.2, 0) is 19.3 Å². The maximum atomic E-state index is 13.6. The Balaban J connectivity index is 1.44. The number of benzene rings is 3. The number of methoxy groups -OCH3 is 2. The average Bonchev–Trinajstić information content (AvgIpc) is 3.15. The number of hydrogen-bond acceptors (Lipinski definition) is 9. The molecule has 4 aliphatic heterocycles. The number of hydrogen-bond donors (Lipinski definition) is 0. The number of likely N-dealkylation sites (N-methyl/N-ethyl adjacent to an activating group) is 2. The molecule has 0 N–H and O–H groups in total. The number of pyridine rings is 1. The lowest BCUT2D eigenvalue weighted by molar-refractivity contribution is 0.0722. The smallest absolute Gasteiger partial charge is 0.345 e. The van der Waals surface area contributed by atoms with Gasteiger partial charge in [-0.1, -0.05) is 30.9 Å². The first-order valence-electron chi connectivity index (χ1n) is 17.7. The minimum Gasteiger partial charge on any atom is -0.493 e. The number of fused-ring (bicyclic) bond motifs is 3. The first-order valence-corrected chi connectivity index (χ1v) is 17.7. The van der Waals surface area contributed by atoms with Crippen molar-refractivity contribution in [2.75, 3.05) is 41.4 Å². The van der Waals surface area contributed by atoms with E-state index in [0.29, 0.717) is 40.7 Å². The molecule has 5 heterocycles. The van der Waals surface area contributed by atoms with E-state index in [1.165, 1.54) is 17.3 Å². The van der Waals surface area contributed by atoms with Gasteiger partial charge >= 0.3 is 5.97 Å². The Labute approximate surface area is 305 Å². The Bertz CT molecular complexity index is 2040. The quantitative estimate of drug-likeness (QED) is 0.153. The van der Waals surface area contributed by atoms with E-state index in [4.69, 9.17) is 23.7 Å². The molecule has 0 saturated heterocycles. The van der Waals surface area contributed by atoms with E-state index >= 15 is 0 Å². The zero-order valence-corrected chi connectivity index (χ0v) is 30.5. The van der Waals surface area contributed by atoms with Crippen LogP contribution < -0.4 is 23.7 Å². The van der Waals surface area contributed by atoms with Gasteiger partial charge in [0.2, 0.25) is 5.75 Å². The summed E-state index contributed by atoms with van der Waals surface area (Å²) in [5, 5.41) is 0. The first kappa shape index (κ1) is 35.0. The number of rotatable bonds is 5. The summed E-state index contributed by atoms with van der Waals surface area (Å²) in [4.78, 5) is 22.5. The van der Waals surface area contributed by atoms with Gasteiger partial charge in [-0.3, -0.25) is 14.8 Å². The van der Waals surface area contributed by atoms with E-state index in [2.05, 4.69) is 59.7 Å². The maximum Gasteiger partial charge on any atom is 0.345 e. The molecule has 1 aromatic heterocycles. The van der Waals surface area contributed by atoms with E-state index in [9.17, 15) is 4.79 Å². The van der Waals surface area contributed by atoms with Crippen molar-refractivity contribution < 1.29 is 28.5 Å². The minimum absolute atomic E-state index is 0.0729. The van der Waals surface area contributed by atoms with Crippen molar-refractivity contribution in [3.63, 3.8) is 0 Å². The fourth-order valence-corrected chi connectivity index (χ4v) is 7.50. The molecule has 9 heteroatoms. The highest BCUT2D eigenvalue weighted by Crippen LogP contribution is 2.50. The number of allylic oxidation sites excluding steroid dienone is 2. The molecule has 4 bridgehead atoms. The summed E-state index contributed by atoms with van der Waals surface area (Å²) in [5.74, 6) is 3.23. The van der Waals surface area contributed by atoms with Crippen LogP contribution in [-0.4, -0.2) is 68.2 Å². The molecular weight excluding hydrogens is 654 g/mol. The second-order valence-electron chi connectivity index (χ2n) is 13.6. The third-order valence-electron chi connectivity index (χ3n) is 10.3. The second-order valence-corrected chi connectivity index (χ2v) is 13.6. The molecule has 0 spiro atoms. The molecule has 4 aromatic rings. The van der Waals surface area contributed by atoms with Crippen LogP contribution >= 0.6 is 0 Å². The highest BCUT2D eigenvalue weighted by molar-refractivity contribution is 5.91. The van der Waals surface area contributed by atoms with Crippen LogP contribution in [0, 0.1) is 0 Å². The van der Waals surface area contributed by atoms with E-state index in [1.54, 1.807) is 32.5 Å². The first-order chi connectivity index (χ1) is 25.3. The highest BCUT2D eigenvalue weighted by atomic mass is 16.6. The lowest BCUT2D eigenvalue weighted by Gasteiger charge is -2.37. The number of ether oxygens (including phenoxy) is 5. The van der Waals surface area contributed by atoms with Gasteiger partial charge in [-0.2, -0.15) is 0 Å². The third kappa shape index (κ3) is 7.07. The Morgan fingerprint density at radius 1 is 0.904 bits per heavy atom. The van der Waals surface area contributed by atoms with Crippen molar-refractivity contribution in [3.8, 4) is 34.5 Å². The van der Waals surface area contributed by atoms with Gasteiger partial charge in [0.1, 0.15) is 11.5 Å². The normalized spacial score (nSPS) is 20.1. The number of aromatic nitrogens is 1. The summed E-state index contributed by atoms with van der Waals surface area (Å²) in [5.41, 5.74) is 6.89. The summed E-state index contributed by atoms with van der Waals surface area (Å²) in [6.45, 7) is 7.87. The van der Waals surface area contributed by atoms with Crippen molar-refractivity contribution >= 4 is 5.97 Å². The van der Waals surface area contributed by atoms with Crippen molar-refractivity contribution in [3.05, 3.63) is 137 Å². The minimum atomic E-state index is -0.554. The molecule has 4 aliphatic rings. The molecule has 0 radical (unpaired) electrons. The van der Waals surface area contributed by atoms with Crippen molar-refractivity contribution in [2.24, 2.45) is 0 Å². The highest BCUT2D eigenvalue weighted by Gasteiger charge is 2.35. The van der Waals surface area contributed by atoms with Crippen LogP contribution in [0.1, 0.15) is 52.0 Å². The van der Waals surface area contributed by atoms with Crippen LogP contribution in [0.25, 0.3) is 0 Å². The van der Waals surface area contributed by atoms with Crippen LogP contribution in [0.3, 0.4) is 0 Å². The van der Waals surface area contributed by atoms with Crippen molar-refractivity contribution in [1.29, 1.82) is 0 Å². The van der Waals surface area contributed by atoms with Gasteiger partial charge < -0.3 is 23.7 Å². The monoisotopic (exact) mass is 699 g/mol. The maximum absolute atomic E-state index is 13.6.